The standard InChI is InChI=1S/C22H21NOS/c1-15-5-7-16(8-6-15)13-25-14-21(24)23-20-12-11-18-10-9-17-3-2-4-19(20)22(17)18/h2-8,11-12H,9-10,13-14H2,1H3,(H,23,24). The maximum Gasteiger partial charge on any atom is 0.234 e. The third-order valence-corrected chi connectivity index (χ3v) is 5.78. The number of aryl methyl sites for hydroxylation is 3. The Hall–Kier alpha value is -2.26. The van der Waals surface area contributed by atoms with E-state index in [1.807, 2.05) is 0 Å². The van der Waals surface area contributed by atoms with E-state index < -0.39 is 0 Å². The summed E-state index contributed by atoms with van der Waals surface area (Å²) in [6, 6.07) is 19.1. The number of rotatable bonds is 5. The maximum atomic E-state index is 12.4. The van der Waals surface area contributed by atoms with Gasteiger partial charge in [-0.05, 0) is 47.9 Å². The topological polar surface area (TPSA) is 29.1 Å². The highest BCUT2D eigenvalue weighted by Crippen LogP contribution is 2.35. The van der Waals surface area contributed by atoms with Crippen LogP contribution in [0.2, 0.25) is 0 Å². The summed E-state index contributed by atoms with van der Waals surface area (Å²) in [7, 11) is 0. The lowest BCUT2D eigenvalue weighted by molar-refractivity contribution is -0.113. The summed E-state index contributed by atoms with van der Waals surface area (Å²) in [6.07, 6.45) is 2.22. The van der Waals surface area contributed by atoms with Crippen LogP contribution in [0.4, 0.5) is 5.69 Å². The number of benzene rings is 3. The minimum absolute atomic E-state index is 0.0656. The van der Waals surface area contributed by atoms with Gasteiger partial charge in [-0.15, -0.1) is 11.8 Å². The van der Waals surface area contributed by atoms with Gasteiger partial charge in [0.15, 0.2) is 0 Å². The predicted molar refractivity (Wildman–Crippen MR) is 107 cm³/mol. The van der Waals surface area contributed by atoms with Crippen LogP contribution in [0.15, 0.2) is 54.6 Å². The number of anilines is 1. The summed E-state index contributed by atoms with van der Waals surface area (Å²) < 4.78 is 0. The van der Waals surface area contributed by atoms with Gasteiger partial charge in [0.25, 0.3) is 0 Å². The summed E-state index contributed by atoms with van der Waals surface area (Å²) in [5.41, 5.74) is 6.26. The molecule has 1 aliphatic carbocycles. The van der Waals surface area contributed by atoms with Gasteiger partial charge >= 0.3 is 0 Å². The van der Waals surface area contributed by atoms with E-state index in [9.17, 15) is 4.79 Å². The highest BCUT2D eigenvalue weighted by atomic mass is 32.2. The summed E-state index contributed by atoms with van der Waals surface area (Å²) in [5.74, 6) is 1.39. The molecule has 0 spiro atoms. The summed E-state index contributed by atoms with van der Waals surface area (Å²) >= 11 is 1.65. The Labute approximate surface area is 152 Å². The lowest BCUT2D eigenvalue weighted by Crippen LogP contribution is -2.14. The van der Waals surface area contributed by atoms with Crippen molar-refractivity contribution < 1.29 is 4.79 Å². The van der Waals surface area contributed by atoms with Gasteiger partial charge in [-0.1, -0.05) is 54.1 Å². The van der Waals surface area contributed by atoms with E-state index >= 15 is 0 Å². The van der Waals surface area contributed by atoms with Gasteiger partial charge in [0.1, 0.15) is 0 Å². The Morgan fingerprint density at radius 2 is 1.76 bits per heavy atom. The Bertz CT molecular complexity index is 920. The van der Waals surface area contributed by atoms with E-state index in [1.165, 1.54) is 33.0 Å². The van der Waals surface area contributed by atoms with Crippen molar-refractivity contribution in [3.05, 3.63) is 76.9 Å². The van der Waals surface area contributed by atoms with Gasteiger partial charge in [-0.3, -0.25) is 4.79 Å². The summed E-state index contributed by atoms with van der Waals surface area (Å²) in [5, 5.41) is 5.61. The van der Waals surface area contributed by atoms with E-state index in [-0.39, 0.29) is 5.91 Å². The zero-order valence-corrected chi connectivity index (χ0v) is 15.2. The second-order valence-electron chi connectivity index (χ2n) is 6.64. The van der Waals surface area contributed by atoms with Gasteiger partial charge < -0.3 is 5.32 Å². The molecule has 126 valence electrons. The summed E-state index contributed by atoms with van der Waals surface area (Å²) in [6.45, 7) is 2.09. The first kappa shape index (κ1) is 16.2. The van der Waals surface area contributed by atoms with Crippen molar-refractivity contribution in [2.24, 2.45) is 0 Å². The Morgan fingerprint density at radius 3 is 2.56 bits per heavy atom. The zero-order chi connectivity index (χ0) is 17.2. The molecule has 2 nitrogen and oxygen atoms in total. The number of amides is 1. The Balaban J connectivity index is 1.41. The van der Waals surface area contributed by atoms with Gasteiger partial charge in [0, 0.05) is 16.8 Å². The zero-order valence-electron chi connectivity index (χ0n) is 14.3. The van der Waals surface area contributed by atoms with Crippen LogP contribution in [0, 0.1) is 6.92 Å². The molecule has 0 radical (unpaired) electrons. The third-order valence-electron chi connectivity index (χ3n) is 4.77. The molecule has 1 N–H and O–H groups in total. The van der Waals surface area contributed by atoms with Crippen LogP contribution < -0.4 is 5.32 Å². The second kappa shape index (κ2) is 6.93. The number of thioether (sulfide) groups is 1. The van der Waals surface area contributed by atoms with E-state index in [2.05, 4.69) is 66.8 Å². The van der Waals surface area contributed by atoms with Crippen LogP contribution in [-0.4, -0.2) is 11.7 Å². The molecule has 3 aromatic carbocycles. The minimum atomic E-state index is 0.0656. The van der Waals surface area contributed by atoms with E-state index in [0.29, 0.717) is 5.75 Å². The molecule has 3 heteroatoms. The first-order valence-corrected chi connectivity index (χ1v) is 9.83. The number of carbonyl (C=O) groups excluding carboxylic acids is 1. The molecule has 3 aromatic rings. The third kappa shape index (κ3) is 3.42. The molecule has 0 saturated heterocycles. The van der Waals surface area contributed by atoms with E-state index in [4.69, 9.17) is 0 Å². The van der Waals surface area contributed by atoms with Gasteiger partial charge in [-0.25, -0.2) is 0 Å². The molecule has 0 atom stereocenters. The van der Waals surface area contributed by atoms with Crippen molar-refractivity contribution in [3.8, 4) is 0 Å². The number of hydrogen-bond acceptors (Lipinski definition) is 2. The fourth-order valence-corrected chi connectivity index (χ4v) is 4.28. The molecule has 0 bridgehead atoms. The molecular formula is C22H21NOS. The van der Waals surface area contributed by atoms with Crippen LogP contribution in [0.5, 0.6) is 0 Å². The molecule has 1 aliphatic rings. The maximum absolute atomic E-state index is 12.4. The van der Waals surface area contributed by atoms with Gasteiger partial charge in [0.2, 0.25) is 5.91 Å². The quantitative estimate of drug-likeness (QED) is 0.694. The normalized spacial score (nSPS) is 12.5. The number of nitrogens with one attached hydrogen (secondary N) is 1. The Morgan fingerprint density at radius 1 is 1.00 bits per heavy atom. The smallest absolute Gasteiger partial charge is 0.234 e. The van der Waals surface area contributed by atoms with Crippen molar-refractivity contribution in [1.29, 1.82) is 0 Å². The van der Waals surface area contributed by atoms with Gasteiger partial charge in [-0.2, -0.15) is 0 Å². The number of carbonyl (C=O) groups is 1. The fraction of sp³-hybridized carbons (Fsp3) is 0.227. The monoisotopic (exact) mass is 347 g/mol. The molecule has 0 aliphatic heterocycles. The summed E-state index contributed by atoms with van der Waals surface area (Å²) in [4.78, 5) is 12.4. The minimum Gasteiger partial charge on any atom is -0.325 e. The first-order valence-electron chi connectivity index (χ1n) is 8.67. The van der Waals surface area contributed by atoms with Crippen molar-refractivity contribution in [3.63, 3.8) is 0 Å². The van der Waals surface area contributed by atoms with E-state index in [0.717, 1.165) is 24.3 Å². The van der Waals surface area contributed by atoms with Crippen molar-refractivity contribution in [2.75, 3.05) is 11.1 Å². The average Bonchev–Trinajstić information content (AvgIpc) is 3.04. The van der Waals surface area contributed by atoms with E-state index in [1.54, 1.807) is 11.8 Å². The fourth-order valence-electron chi connectivity index (χ4n) is 3.49. The van der Waals surface area contributed by atoms with Crippen molar-refractivity contribution in [2.45, 2.75) is 25.5 Å². The molecule has 0 unspecified atom stereocenters. The largest absolute Gasteiger partial charge is 0.325 e. The van der Waals surface area contributed by atoms with Crippen molar-refractivity contribution in [1.82, 2.24) is 0 Å². The van der Waals surface area contributed by atoms with Gasteiger partial charge in [0.05, 0.1) is 5.75 Å². The molecule has 25 heavy (non-hydrogen) atoms. The SMILES string of the molecule is Cc1ccc(CSCC(=O)Nc2ccc3c4c(cccc24)CC3)cc1. The first-order chi connectivity index (χ1) is 12.2. The van der Waals surface area contributed by atoms with Crippen LogP contribution in [0.1, 0.15) is 22.3 Å². The highest BCUT2D eigenvalue weighted by molar-refractivity contribution is 7.99. The molecule has 0 aromatic heterocycles. The molecule has 1 amide bonds. The number of hydrogen-bond donors (Lipinski definition) is 1. The lowest BCUT2D eigenvalue weighted by atomic mass is 10.0. The predicted octanol–water partition coefficient (Wildman–Crippen LogP) is 5.12. The molecule has 0 fully saturated rings. The van der Waals surface area contributed by atoms with Crippen LogP contribution >= 0.6 is 11.8 Å². The molecule has 4 rings (SSSR count). The average molecular weight is 347 g/mol. The highest BCUT2D eigenvalue weighted by Gasteiger charge is 2.16. The molecule has 0 saturated carbocycles. The van der Waals surface area contributed by atoms with Crippen LogP contribution in [-0.2, 0) is 23.4 Å². The Kier molecular flexibility index (Phi) is 4.50. The van der Waals surface area contributed by atoms with Crippen LogP contribution in [0.3, 0.4) is 0 Å². The van der Waals surface area contributed by atoms with Crippen LogP contribution in [0.25, 0.3) is 10.8 Å². The molecule has 0 heterocycles. The second-order valence-corrected chi connectivity index (χ2v) is 7.62. The van der Waals surface area contributed by atoms with Crippen molar-refractivity contribution >= 4 is 34.1 Å². The lowest BCUT2D eigenvalue weighted by Gasteiger charge is -2.10. The molecular weight excluding hydrogens is 326 g/mol.